The molecule has 108 valence electrons. The Hall–Kier alpha value is -1.35. The van der Waals surface area contributed by atoms with Crippen molar-refractivity contribution in [3.63, 3.8) is 0 Å². The van der Waals surface area contributed by atoms with E-state index in [9.17, 15) is 4.79 Å². The van der Waals surface area contributed by atoms with Gasteiger partial charge in [0, 0.05) is 32.7 Å². The molecule has 1 saturated carbocycles. The monoisotopic (exact) mass is 272 g/mol. The maximum Gasteiger partial charge on any atom is 0.227 e. The van der Waals surface area contributed by atoms with Crippen LogP contribution in [0.25, 0.3) is 0 Å². The average Bonchev–Trinajstić information content (AvgIpc) is 3.26. The van der Waals surface area contributed by atoms with E-state index in [1.165, 1.54) is 24.9 Å². The van der Waals surface area contributed by atoms with Crippen LogP contribution in [-0.4, -0.2) is 48.4 Å². The predicted molar refractivity (Wildman–Crippen MR) is 80.6 cm³/mol. The number of carbonyl (C=O) groups excluding carboxylic acids is 1. The quantitative estimate of drug-likeness (QED) is 0.838. The Morgan fingerprint density at radius 2 is 1.85 bits per heavy atom. The van der Waals surface area contributed by atoms with Crippen molar-refractivity contribution in [3.05, 3.63) is 35.4 Å². The van der Waals surface area contributed by atoms with Crippen LogP contribution in [-0.2, 0) is 11.2 Å². The number of benzene rings is 1. The summed E-state index contributed by atoms with van der Waals surface area (Å²) >= 11 is 0. The first-order valence-electron chi connectivity index (χ1n) is 7.77. The van der Waals surface area contributed by atoms with Crippen LogP contribution in [0.4, 0.5) is 0 Å². The van der Waals surface area contributed by atoms with Gasteiger partial charge in [0.1, 0.15) is 0 Å². The van der Waals surface area contributed by atoms with Crippen molar-refractivity contribution in [2.45, 2.75) is 26.2 Å². The molecule has 1 aliphatic heterocycles. The Bertz CT molecular complexity index is 474. The standard InChI is InChI=1S/C17H24N2O/c1-14-4-2-3-5-16(14)12-17(20)19-10-8-18(9-11-19)13-15-6-7-15/h2-5,15H,6-13H2,1H3. The summed E-state index contributed by atoms with van der Waals surface area (Å²) in [6.07, 6.45) is 3.37. The number of hydrogen-bond donors (Lipinski definition) is 0. The van der Waals surface area contributed by atoms with Crippen LogP contribution in [0, 0.1) is 12.8 Å². The second-order valence-electron chi connectivity index (χ2n) is 6.23. The molecule has 0 radical (unpaired) electrons. The van der Waals surface area contributed by atoms with Gasteiger partial charge in [-0.1, -0.05) is 24.3 Å². The molecule has 0 aromatic heterocycles. The normalized spacial score (nSPS) is 20.1. The van der Waals surface area contributed by atoms with Crippen molar-refractivity contribution in [2.24, 2.45) is 5.92 Å². The van der Waals surface area contributed by atoms with Crippen molar-refractivity contribution < 1.29 is 4.79 Å². The third-order valence-electron chi connectivity index (χ3n) is 4.54. The summed E-state index contributed by atoms with van der Waals surface area (Å²) in [6, 6.07) is 8.19. The van der Waals surface area contributed by atoms with Crippen LogP contribution >= 0.6 is 0 Å². The largest absolute Gasteiger partial charge is 0.340 e. The van der Waals surface area contributed by atoms with E-state index in [1.807, 2.05) is 17.0 Å². The number of nitrogens with zero attached hydrogens (tertiary/aromatic N) is 2. The molecule has 0 atom stereocenters. The number of carbonyl (C=O) groups is 1. The number of piperazine rings is 1. The number of aryl methyl sites for hydroxylation is 1. The van der Waals surface area contributed by atoms with E-state index in [1.54, 1.807) is 0 Å². The molecule has 20 heavy (non-hydrogen) atoms. The van der Waals surface area contributed by atoms with Crippen LogP contribution in [0.15, 0.2) is 24.3 Å². The zero-order valence-corrected chi connectivity index (χ0v) is 12.3. The molecular formula is C17H24N2O. The molecule has 3 rings (SSSR count). The molecule has 0 spiro atoms. The third kappa shape index (κ3) is 3.40. The summed E-state index contributed by atoms with van der Waals surface area (Å²) in [5.41, 5.74) is 2.38. The Morgan fingerprint density at radius 1 is 1.15 bits per heavy atom. The third-order valence-corrected chi connectivity index (χ3v) is 4.54. The zero-order valence-electron chi connectivity index (χ0n) is 12.3. The second kappa shape index (κ2) is 5.96. The van der Waals surface area contributed by atoms with E-state index in [4.69, 9.17) is 0 Å². The molecule has 1 aliphatic carbocycles. The van der Waals surface area contributed by atoms with Gasteiger partial charge in [0.2, 0.25) is 5.91 Å². The summed E-state index contributed by atoms with van der Waals surface area (Å²) < 4.78 is 0. The van der Waals surface area contributed by atoms with E-state index in [-0.39, 0.29) is 5.91 Å². The highest BCUT2D eigenvalue weighted by atomic mass is 16.2. The molecule has 1 saturated heterocycles. The van der Waals surface area contributed by atoms with E-state index in [2.05, 4.69) is 24.0 Å². The molecule has 3 nitrogen and oxygen atoms in total. The molecule has 0 bridgehead atoms. The Balaban J connectivity index is 1.50. The number of rotatable bonds is 4. The lowest BCUT2D eigenvalue weighted by molar-refractivity contribution is -0.132. The fourth-order valence-corrected chi connectivity index (χ4v) is 2.93. The van der Waals surface area contributed by atoms with Gasteiger partial charge in [0.25, 0.3) is 0 Å². The lowest BCUT2D eigenvalue weighted by Crippen LogP contribution is -2.49. The van der Waals surface area contributed by atoms with E-state index in [0.29, 0.717) is 6.42 Å². The molecule has 0 unspecified atom stereocenters. The fraction of sp³-hybridized carbons (Fsp3) is 0.588. The van der Waals surface area contributed by atoms with Gasteiger partial charge < -0.3 is 4.90 Å². The van der Waals surface area contributed by atoms with Gasteiger partial charge in [0.05, 0.1) is 6.42 Å². The maximum atomic E-state index is 12.4. The summed E-state index contributed by atoms with van der Waals surface area (Å²) in [4.78, 5) is 16.9. The minimum absolute atomic E-state index is 0.283. The fourth-order valence-electron chi connectivity index (χ4n) is 2.93. The second-order valence-corrected chi connectivity index (χ2v) is 6.23. The Kier molecular flexibility index (Phi) is 4.06. The molecule has 1 heterocycles. The first-order chi connectivity index (χ1) is 9.72. The van der Waals surface area contributed by atoms with Gasteiger partial charge in [-0.2, -0.15) is 0 Å². The van der Waals surface area contributed by atoms with Crippen molar-refractivity contribution in [1.82, 2.24) is 9.80 Å². The summed E-state index contributed by atoms with van der Waals surface area (Å²) in [5, 5.41) is 0. The predicted octanol–water partition coefficient (Wildman–Crippen LogP) is 2.09. The molecule has 0 N–H and O–H groups in total. The molecule has 1 aromatic carbocycles. The minimum atomic E-state index is 0.283. The highest BCUT2D eigenvalue weighted by Crippen LogP contribution is 2.29. The average molecular weight is 272 g/mol. The van der Waals surface area contributed by atoms with Gasteiger partial charge in [-0.3, -0.25) is 9.69 Å². The molecule has 1 amide bonds. The van der Waals surface area contributed by atoms with Crippen LogP contribution < -0.4 is 0 Å². The van der Waals surface area contributed by atoms with Gasteiger partial charge in [0.15, 0.2) is 0 Å². The zero-order chi connectivity index (χ0) is 13.9. The first kappa shape index (κ1) is 13.6. The molecule has 2 aliphatic rings. The number of amides is 1. The van der Waals surface area contributed by atoms with Crippen molar-refractivity contribution in [3.8, 4) is 0 Å². The van der Waals surface area contributed by atoms with Crippen LogP contribution in [0.3, 0.4) is 0 Å². The lowest BCUT2D eigenvalue weighted by Gasteiger charge is -2.35. The van der Waals surface area contributed by atoms with Crippen molar-refractivity contribution in [2.75, 3.05) is 32.7 Å². The molecule has 2 fully saturated rings. The smallest absolute Gasteiger partial charge is 0.227 e. The summed E-state index contributed by atoms with van der Waals surface area (Å²) in [7, 11) is 0. The Labute approximate surface area is 121 Å². The van der Waals surface area contributed by atoms with Gasteiger partial charge >= 0.3 is 0 Å². The lowest BCUT2D eigenvalue weighted by atomic mass is 10.1. The van der Waals surface area contributed by atoms with Crippen molar-refractivity contribution >= 4 is 5.91 Å². The van der Waals surface area contributed by atoms with Crippen molar-refractivity contribution in [1.29, 1.82) is 0 Å². The molecule has 1 aromatic rings. The van der Waals surface area contributed by atoms with E-state index < -0.39 is 0 Å². The number of hydrogen-bond acceptors (Lipinski definition) is 2. The van der Waals surface area contributed by atoms with Crippen LogP contribution in [0.1, 0.15) is 24.0 Å². The van der Waals surface area contributed by atoms with Gasteiger partial charge in [-0.25, -0.2) is 0 Å². The maximum absolute atomic E-state index is 12.4. The topological polar surface area (TPSA) is 23.6 Å². The highest BCUT2D eigenvalue weighted by molar-refractivity contribution is 5.79. The molecular weight excluding hydrogens is 248 g/mol. The highest BCUT2D eigenvalue weighted by Gasteiger charge is 2.27. The SMILES string of the molecule is Cc1ccccc1CC(=O)N1CCN(CC2CC2)CC1. The van der Waals surface area contributed by atoms with E-state index >= 15 is 0 Å². The molecule has 3 heteroatoms. The minimum Gasteiger partial charge on any atom is -0.340 e. The summed E-state index contributed by atoms with van der Waals surface area (Å²) in [5.74, 6) is 1.23. The van der Waals surface area contributed by atoms with Gasteiger partial charge in [-0.15, -0.1) is 0 Å². The van der Waals surface area contributed by atoms with Gasteiger partial charge in [-0.05, 0) is 36.8 Å². The summed E-state index contributed by atoms with van der Waals surface area (Å²) in [6.45, 7) is 7.23. The van der Waals surface area contributed by atoms with Crippen LogP contribution in [0.2, 0.25) is 0 Å². The van der Waals surface area contributed by atoms with Crippen LogP contribution in [0.5, 0.6) is 0 Å². The first-order valence-corrected chi connectivity index (χ1v) is 7.77. The van der Waals surface area contributed by atoms with E-state index in [0.717, 1.165) is 37.7 Å². The Morgan fingerprint density at radius 3 is 2.50 bits per heavy atom.